The van der Waals surface area contributed by atoms with Crippen molar-refractivity contribution in [2.24, 2.45) is 0 Å². The summed E-state index contributed by atoms with van der Waals surface area (Å²) in [6, 6.07) is 5.69. The normalized spacial score (nSPS) is 29.5. The van der Waals surface area contributed by atoms with Crippen LogP contribution in [0.15, 0.2) is 24.3 Å². The van der Waals surface area contributed by atoms with Crippen molar-refractivity contribution in [1.82, 2.24) is 9.80 Å². The van der Waals surface area contributed by atoms with Crippen LogP contribution in [-0.2, 0) is 4.74 Å². The van der Waals surface area contributed by atoms with Gasteiger partial charge in [-0.25, -0.2) is 4.39 Å². The maximum absolute atomic E-state index is 13.7. The zero-order valence-corrected chi connectivity index (χ0v) is 12.8. The molecule has 3 atom stereocenters. The molecule has 3 rings (SSSR count). The molecule has 2 N–H and O–H groups in total. The van der Waals surface area contributed by atoms with Gasteiger partial charge in [0, 0.05) is 26.2 Å². The molecule has 0 aliphatic carbocycles. The summed E-state index contributed by atoms with van der Waals surface area (Å²) in [4.78, 5) is 16.0. The first-order chi connectivity index (χ1) is 11.1. The Morgan fingerprint density at radius 3 is 2.52 bits per heavy atom. The molecule has 0 unspecified atom stereocenters. The summed E-state index contributed by atoms with van der Waals surface area (Å²) < 4.78 is 19.0. The molecule has 2 fully saturated rings. The van der Waals surface area contributed by atoms with Crippen molar-refractivity contribution in [3.8, 4) is 0 Å². The van der Waals surface area contributed by atoms with Crippen LogP contribution in [0.25, 0.3) is 0 Å². The van der Waals surface area contributed by atoms with Gasteiger partial charge < -0.3 is 19.8 Å². The fourth-order valence-corrected chi connectivity index (χ4v) is 3.15. The Balaban J connectivity index is 1.60. The number of hydrogen-bond acceptors (Lipinski definition) is 5. The number of aliphatic hydroxyl groups is 2. The first-order valence-corrected chi connectivity index (χ1v) is 7.79. The minimum absolute atomic E-state index is 0.0809. The van der Waals surface area contributed by atoms with Gasteiger partial charge in [0.05, 0.1) is 30.9 Å². The van der Waals surface area contributed by atoms with Gasteiger partial charge in [0.2, 0.25) is 0 Å². The Morgan fingerprint density at radius 2 is 1.83 bits per heavy atom. The van der Waals surface area contributed by atoms with Gasteiger partial charge in [-0.3, -0.25) is 9.69 Å². The van der Waals surface area contributed by atoms with Crippen LogP contribution in [0.3, 0.4) is 0 Å². The van der Waals surface area contributed by atoms with Gasteiger partial charge in [0.1, 0.15) is 11.9 Å². The molecule has 0 spiro atoms. The van der Waals surface area contributed by atoms with Gasteiger partial charge in [-0.2, -0.15) is 0 Å². The van der Waals surface area contributed by atoms with Gasteiger partial charge in [0.15, 0.2) is 0 Å². The summed E-state index contributed by atoms with van der Waals surface area (Å²) in [6.07, 6.45) is -1.73. The van der Waals surface area contributed by atoms with E-state index in [-0.39, 0.29) is 24.1 Å². The number of amides is 1. The number of carbonyl (C=O) groups is 1. The first-order valence-electron chi connectivity index (χ1n) is 7.79. The Bertz CT molecular complexity index is 563. The van der Waals surface area contributed by atoms with Crippen molar-refractivity contribution in [2.75, 3.05) is 39.4 Å². The number of benzene rings is 1. The lowest BCUT2D eigenvalue weighted by Crippen LogP contribution is -2.60. The SMILES string of the molecule is O=C(c1ccccc1F)N1CCN([C@@H]2COC[C@@H](O)[C@H]2O)CC1. The number of nitrogens with zero attached hydrogens (tertiary/aromatic N) is 2. The van der Waals surface area contributed by atoms with E-state index in [0.717, 1.165) is 0 Å². The van der Waals surface area contributed by atoms with Crippen LogP contribution in [0.5, 0.6) is 0 Å². The van der Waals surface area contributed by atoms with Crippen LogP contribution < -0.4 is 0 Å². The minimum atomic E-state index is -0.883. The lowest BCUT2D eigenvalue weighted by atomic mass is 10.0. The molecule has 6 nitrogen and oxygen atoms in total. The molecular formula is C16H21FN2O4. The van der Waals surface area contributed by atoms with Crippen LogP contribution in [0.1, 0.15) is 10.4 Å². The van der Waals surface area contributed by atoms with Crippen LogP contribution in [0, 0.1) is 5.82 Å². The van der Waals surface area contributed by atoms with Crippen molar-refractivity contribution >= 4 is 5.91 Å². The molecule has 2 saturated heterocycles. The maximum atomic E-state index is 13.7. The largest absolute Gasteiger partial charge is 0.389 e. The van der Waals surface area contributed by atoms with Crippen LogP contribution >= 0.6 is 0 Å². The first kappa shape index (κ1) is 16.3. The lowest BCUT2D eigenvalue weighted by Gasteiger charge is -2.43. The van der Waals surface area contributed by atoms with Gasteiger partial charge in [-0.05, 0) is 12.1 Å². The van der Waals surface area contributed by atoms with Crippen molar-refractivity contribution < 1.29 is 24.1 Å². The molecule has 2 aliphatic heterocycles. The smallest absolute Gasteiger partial charge is 0.256 e. The molecule has 23 heavy (non-hydrogen) atoms. The van der Waals surface area contributed by atoms with E-state index in [1.807, 2.05) is 4.90 Å². The number of ether oxygens (including phenoxy) is 1. The molecule has 2 aliphatic rings. The number of piperazine rings is 1. The highest BCUT2D eigenvalue weighted by atomic mass is 19.1. The highest BCUT2D eigenvalue weighted by molar-refractivity contribution is 5.94. The van der Waals surface area contributed by atoms with E-state index in [2.05, 4.69) is 0 Å². The average Bonchev–Trinajstić information content (AvgIpc) is 2.57. The average molecular weight is 324 g/mol. The molecule has 2 heterocycles. The molecular weight excluding hydrogens is 303 g/mol. The third-order valence-corrected chi connectivity index (χ3v) is 4.54. The molecule has 0 bridgehead atoms. The van der Waals surface area contributed by atoms with E-state index in [1.165, 1.54) is 12.1 Å². The Kier molecular flexibility index (Phi) is 4.91. The molecule has 0 radical (unpaired) electrons. The standard InChI is InChI=1S/C16H21FN2O4/c17-12-4-2-1-3-11(12)16(22)19-7-5-18(6-8-19)13-9-23-10-14(20)15(13)21/h1-4,13-15,20-21H,5-10H2/t13-,14-,15+/m1/s1. The molecule has 7 heteroatoms. The predicted octanol–water partition coefficient (Wildman–Crippen LogP) is -0.296. The van der Waals surface area contributed by atoms with E-state index in [9.17, 15) is 19.4 Å². The zero-order chi connectivity index (χ0) is 16.4. The molecule has 1 amide bonds. The fourth-order valence-electron chi connectivity index (χ4n) is 3.15. The number of hydrogen-bond donors (Lipinski definition) is 2. The Morgan fingerprint density at radius 1 is 1.13 bits per heavy atom. The van der Waals surface area contributed by atoms with Gasteiger partial charge in [-0.1, -0.05) is 12.1 Å². The van der Waals surface area contributed by atoms with Crippen molar-refractivity contribution in [1.29, 1.82) is 0 Å². The topological polar surface area (TPSA) is 73.2 Å². The highest BCUT2D eigenvalue weighted by Gasteiger charge is 2.37. The van der Waals surface area contributed by atoms with E-state index >= 15 is 0 Å². The van der Waals surface area contributed by atoms with Crippen molar-refractivity contribution in [2.45, 2.75) is 18.2 Å². The Hall–Kier alpha value is -1.54. The number of rotatable bonds is 2. The summed E-state index contributed by atoms with van der Waals surface area (Å²) >= 11 is 0. The summed E-state index contributed by atoms with van der Waals surface area (Å²) in [7, 11) is 0. The molecule has 1 aromatic rings. The fraction of sp³-hybridized carbons (Fsp3) is 0.562. The van der Waals surface area contributed by atoms with Gasteiger partial charge >= 0.3 is 0 Å². The van der Waals surface area contributed by atoms with E-state index in [4.69, 9.17) is 4.74 Å². The summed E-state index contributed by atoms with van der Waals surface area (Å²) in [5, 5.41) is 19.8. The second-order valence-corrected chi connectivity index (χ2v) is 5.97. The second kappa shape index (κ2) is 6.92. The number of aliphatic hydroxyl groups excluding tert-OH is 2. The Labute approximate surface area is 134 Å². The zero-order valence-electron chi connectivity index (χ0n) is 12.8. The van der Waals surface area contributed by atoms with Crippen LogP contribution in [0.4, 0.5) is 4.39 Å². The summed E-state index contributed by atoms with van der Waals surface area (Å²) in [6.45, 7) is 2.51. The monoisotopic (exact) mass is 324 g/mol. The summed E-state index contributed by atoms with van der Waals surface area (Å²) in [5.74, 6) is -0.831. The quantitative estimate of drug-likeness (QED) is 0.782. The maximum Gasteiger partial charge on any atom is 0.256 e. The molecule has 1 aromatic carbocycles. The van der Waals surface area contributed by atoms with Crippen molar-refractivity contribution in [3.63, 3.8) is 0 Å². The number of halogens is 1. The van der Waals surface area contributed by atoms with E-state index < -0.39 is 18.0 Å². The second-order valence-electron chi connectivity index (χ2n) is 5.97. The molecule has 126 valence electrons. The molecule has 0 saturated carbocycles. The molecule has 0 aromatic heterocycles. The van der Waals surface area contributed by atoms with Crippen LogP contribution in [-0.4, -0.2) is 83.6 Å². The third kappa shape index (κ3) is 3.37. The minimum Gasteiger partial charge on any atom is -0.389 e. The van der Waals surface area contributed by atoms with Gasteiger partial charge in [-0.15, -0.1) is 0 Å². The third-order valence-electron chi connectivity index (χ3n) is 4.54. The van der Waals surface area contributed by atoms with Crippen LogP contribution in [0.2, 0.25) is 0 Å². The number of carbonyl (C=O) groups excluding carboxylic acids is 1. The summed E-state index contributed by atoms with van der Waals surface area (Å²) in [5.41, 5.74) is 0.0809. The van der Waals surface area contributed by atoms with E-state index in [1.54, 1.807) is 17.0 Å². The van der Waals surface area contributed by atoms with Gasteiger partial charge in [0.25, 0.3) is 5.91 Å². The van der Waals surface area contributed by atoms with Crippen molar-refractivity contribution in [3.05, 3.63) is 35.6 Å². The van der Waals surface area contributed by atoms with E-state index in [0.29, 0.717) is 32.8 Å². The lowest BCUT2D eigenvalue weighted by molar-refractivity contribution is -0.136. The highest BCUT2D eigenvalue weighted by Crippen LogP contribution is 2.18. The predicted molar refractivity (Wildman–Crippen MR) is 80.5 cm³/mol.